The highest BCUT2D eigenvalue weighted by Crippen LogP contribution is 2.09. The van der Waals surface area contributed by atoms with Crippen molar-refractivity contribution in [3.05, 3.63) is 41.7 Å². The molecule has 9 heteroatoms. The average molecular weight is 310 g/mol. The molecule has 2 aromatic rings. The predicted molar refractivity (Wildman–Crippen MR) is 73.3 cm³/mol. The summed E-state index contributed by atoms with van der Waals surface area (Å²) in [6, 6.07) is 6.47. The van der Waals surface area contributed by atoms with Crippen LogP contribution in [0.25, 0.3) is 0 Å². The van der Waals surface area contributed by atoms with Gasteiger partial charge in [-0.25, -0.2) is 17.9 Å². The lowest BCUT2D eigenvalue weighted by Crippen LogP contribution is -2.27. The van der Waals surface area contributed by atoms with Crippen molar-refractivity contribution in [2.75, 3.05) is 6.54 Å². The quantitative estimate of drug-likeness (QED) is 0.791. The molecule has 0 bridgehead atoms. The molecule has 1 aromatic carbocycles. The molecule has 0 amide bonds. The Morgan fingerprint density at radius 3 is 2.57 bits per heavy atom. The van der Waals surface area contributed by atoms with E-state index in [1.54, 1.807) is 12.1 Å². The number of sulfonamides is 1. The Morgan fingerprint density at radius 1 is 1.33 bits per heavy atom. The molecule has 8 nitrogen and oxygen atoms in total. The van der Waals surface area contributed by atoms with Crippen molar-refractivity contribution in [1.29, 1.82) is 0 Å². The van der Waals surface area contributed by atoms with Crippen LogP contribution in [0.4, 0.5) is 0 Å². The van der Waals surface area contributed by atoms with Gasteiger partial charge in [-0.3, -0.25) is 4.68 Å². The van der Waals surface area contributed by atoms with Crippen molar-refractivity contribution >= 4 is 16.0 Å². The average Bonchev–Trinajstić information content (AvgIpc) is 2.88. The normalized spacial score (nSPS) is 11.5. The smallest absolute Gasteiger partial charge is 0.358 e. The largest absolute Gasteiger partial charge is 0.476 e. The second-order valence-electron chi connectivity index (χ2n) is 4.38. The molecule has 0 spiro atoms. The fourth-order valence-electron chi connectivity index (χ4n) is 1.60. The first-order valence-electron chi connectivity index (χ1n) is 6.08. The number of hydrogen-bond acceptors (Lipinski definition) is 5. The highest BCUT2D eigenvalue weighted by molar-refractivity contribution is 7.89. The van der Waals surface area contributed by atoms with Crippen LogP contribution in [0.15, 0.2) is 35.4 Å². The van der Waals surface area contributed by atoms with Crippen LogP contribution in [0.5, 0.6) is 0 Å². The lowest BCUT2D eigenvalue weighted by atomic mass is 10.2. The van der Waals surface area contributed by atoms with E-state index in [0.29, 0.717) is 0 Å². The van der Waals surface area contributed by atoms with Crippen molar-refractivity contribution in [3.63, 3.8) is 0 Å². The standard InChI is InChI=1S/C12H14N4O4S/c1-9-2-4-10(5-3-9)21(19,20)13-6-7-16-8-11(12(17)18)14-15-16/h2-5,8,13H,6-7H2,1H3,(H,17,18). The number of aryl methyl sites for hydroxylation is 1. The van der Waals surface area contributed by atoms with Crippen LogP contribution in [-0.4, -0.2) is 41.0 Å². The van der Waals surface area contributed by atoms with Crippen LogP contribution in [0.2, 0.25) is 0 Å². The summed E-state index contributed by atoms with van der Waals surface area (Å²) in [5.41, 5.74) is 0.786. The molecule has 0 atom stereocenters. The van der Waals surface area contributed by atoms with E-state index >= 15 is 0 Å². The van der Waals surface area contributed by atoms with Crippen molar-refractivity contribution < 1.29 is 18.3 Å². The number of benzene rings is 1. The second-order valence-corrected chi connectivity index (χ2v) is 6.15. The van der Waals surface area contributed by atoms with E-state index in [2.05, 4.69) is 15.0 Å². The number of carboxylic acids is 1. The van der Waals surface area contributed by atoms with Gasteiger partial charge in [-0.1, -0.05) is 22.9 Å². The van der Waals surface area contributed by atoms with Gasteiger partial charge in [0.1, 0.15) is 0 Å². The van der Waals surface area contributed by atoms with Crippen LogP contribution in [0.1, 0.15) is 16.1 Å². The van der Waals surface area contributed by atoms with Gasteiger partial charge in [0, 0.05) is 6.54 Å². The van der Waals surface area contributed by atoms with Gasteiger partial charge in [-0.15, -0.1) is 5.10 Å². The van der Waals surface area contributed by atoms with Gasteiger partial charge in [0.15, 0.2) is 5.69 Å². The Kier molecular flexibility index (Phi) is 4.34. The molecule has 112 valence electrons. The minimum atomic E-state index is -3.58. The number of nitrogens with one attached hydrogen (secondary N) is 1. The molecule has 0 radical (unpaired) electrons. The zero-order chi connectivity index (χ0) is 15.5. The number of carbonyl (C=O) groups is 1. The number of carboxylic acid groups (broad SMARTS) is 1. The van der Waals surface area contributed by atoms with Gasteiger partial charge < -0.3 is 5.11 Å². The monoisotopic (exact) mass is 310 g/mol. The Bertz CT molecular complexity index is 737. The van der Waals surface area contributed by atoms with Crippen LogP contribution < -0.4 is 4.72 Å². The van der Waals surface area contributed by atoms with E-state index < -0.39 is 16.0 Å². The zero-order valence-electron chi connectivity index (χ0n) is 11.2. The van der Waals surface area contributed by atoms with Crippen molar-refractivity contribution in [1.82, 2.24) is 19.7 Å². The summed E-state index contributed by atoms with van der Waals surface area (Å²) in [4.78, 5) is 10.8. The first-order valence-corrected chi connectivity index (χ1v) is 7.56. The lowest BCUT2D eigenvalue weighted by molar-refractivity contribution is 0.0690. The summed E-state index contributed by atoms with van der Waals surface area (Å²) >= 11 is 0. The first kappa shape index (κ1) is 15.1. The van der Waals surface area contributed by atoms with E-state index in [1.807, 2.05) is 6.92 Å². The molecule has 1 aromatic heterocycles. The van der Waals surface area contributed by atoms with Gasteiger partial charge in [0.25, 0.3) is 0 Å². The van der Waals surface area contributed by atoms with Gasteiger partial charge in [0.2, 0.25) is 10.0 Å². The molecule has 0 saturated carbocycles. The summed E-state index contributed by atoms with van der Waals surface area (Å²) in [7, 11) is -3.58. The number of hydrogen-bond donors (Lipinski definition) is 2. The number of aromatic carboxylic acids is 1. The van der Waals surface area contributed by atoms with Crippen LogP contribution in [0.3, 0.4) is 0 Å². The highest BCUT2D eigenvalue weighted by Gasteiger charge is 2.13. The summed E-state index contributed by atoms with van der Waals surface area (Å²) < 4.78 is 27.7. The second kappa shape index (κ2) is 6.02. The minimum absolute atomic E-state index is 0.0820. The number of aromatic nitrogens is 3. The molecule has 0 saturated heterocycles. The molecule has 2 rings (SSSR count). The number of nitrogens with zero attached hydrogens (tertiary/aromatic N) is 3. The Balaban J connectivity index is 1.95. The molecule has 2 N–H and O–H groups in total. The first-order chi connectivity index (χ1) is 9.88. The predicted octanol–water partition coefficient (Wildman–Crippen LogP) is 0.263. The molecule has 0 fully saturated rings. The van der Waals surface area contributed by atoms with E-state index in [9.17, 15) is 13.2 Å². The highest BCUT2D eigenvalue weighted by atomic mass is 32.2. The molecule has 21 heavy (non-hydrogen) atoms. The fraction of sp³-hybridized carbons (Fsp3) is 0.250. The molecule has 0 aliphatic rings. The molecular formula is C12H14N4O4S. The van der Waals surface area contributed by atoms with Crippen molar-refractivity contribution in [3.8, 4) is 0 Å². The summed E-state index contributed by atoms with van der Waals surface area (Å²) in [6.45, 7) is 2.14. The zero-order valence-corrected chi connectivity index (χ0v) is 12.0. The molecule has 1 heterocycles. The Morgan fingerprint density at radius 2 is 2.00 bits per heavy atom. The van der Waals surface area contributed by atoms with Crippen LogP contribution in [-0.2, 0) is 16.6 Å². The third kappa shape index (κ3) is 3.86. The maximum Gasteiger partial charge on any atom is 0.358 e. The molecule has 0 aliphatic heterocycles. The molecule has 0 aliphatic carbocycles. The SMILES string of the molecule is Cc1ccc(S(=O)(=O)NCCn2cc(C(=O)O)nn2)cc1. The van der Waals surface area contributed by atoms with Crippen LogP contribution in [0, 0.1) is 6.92 Å². The van der Waals surface area contributed by atoms with E-state index in [1.165, 1.54) is 23.0 Å². The maximum atomic E-state index is 12.0. The van der Waals surface area contributed by atoms with Gasteiger partial charge in [-0.2, -0.15) is 0 Å². The van der Waals surface area contributed by atoms with E-state index in [-0.39, 0.29) is 23.7 Å². The van der Waals surface area contributed by atoms with Crippen LogP contribution >= 0.6 is 0 Å². The Hall–Kier alpha value is -2.26. The van der Waals surface area contributed by atoms with Gasteiger partial charge in [-0.05, 0) is 19.1 Å². The summed E-state index contributed by atoms with van der Waals surface area (Å²) in [5, 5.41) is 15.7. The van der Waals surface area contributed by atoms with Gasteiger partial charge >= 0.3 is 5.97 Å². The van der Waals surface area contributed by atoms with E-state index in [0.717, 1.165) is 5.56 Å². The topological polar surface area (TPSA) is 114 Å². The lowest BCUT2D eigenvalue weighted by Gasteiger charge is -2.06. The summed E-state index contributed by atoms with van der Waals surface area (Å²) in [6.07, 6.45) is 1.24. The van der Waals surface area contributed by atoms with Gasteiger partial charge in [0.05, 0.1) is 17.6 Å². The third-order valence-electron chi connectivity index (χ3n) is 2.72. The molecular weight excluding hydrogens is 296 g/mol. The molecule has 0 unspecified atom stereocenters. The Labute approximate surface area is 121 Å². The minimum Gasteiger partial charge on any atom is -0.476 e. The third-order valence-corrected chi connectivity index (χ3v) is 4.20. The van der Waals surface area contributed by atoms with Crippen molar-refractivity contribution in [2.45, 2.75) is 18.4 Å². The summed E-state index contributed by atoms with van der Waals surface area (Å²) in [5.74, 6) is -1.18. The van der Waals surface area contributed by atoms with Crippen molar-refractivity contribution in [2.24, 2.45) is 0 Å². The maximum absolute atomic E-state index is 12.0. The van der Waals surface area contributed by atoms with E-state index in [4.69, 9.17) is 5.11 Å². The fourth-order valence-corrected chi connectivity index (χ4v) is 2.62. The number of rotatable bonds is 6.